The van der Waals surface area contributed by atoms with E-state index in [1.807, 2.05) is 12.1 Å². The molecule has 0 saturated carbocycles. The van der Waals surface area contributed by atoms with Crippen LogP contribution in [0.25, 0.3) is 16.8 Å². The summed E-state index contributed by atoms with van der Waals surface area (Å²) in [7, 11) is 0. The van der Waals surface area contributed by atoms with Gasteiger partial charge in [0, 0.05) is 24.2 Å². The van der Waals surface area contributed by atoms with Gasteiger partial charge in [-0.1, -0.05) is 35.4 Å². The molecule has 1 N–H and O–H groups in total. The molecule has 0 aliphatic carbocycles. The van der Waals surface area contributed by atoms with Crippen LogP contribution >= 0.6 is 11.6 Å². The molecule has 162 valence electrons. The summed E-state index contributed by atoms with van der Waals surface area (Å²) >= 11 is 5.95. The van der Waals surface area contributed by atoms with Crippen LogP contribution in [0.3, 0.4) is 0 Å². The van der Waals surface area contributed by atoms with Gasteiger partial charge in [0.2, 0.25) is 0 Å². The minimum Gasteiger partial charge on any atom is -0.337 e. The number of nitrogens with zero attached hydrogens (tertiary/aromatic N) is 5. The van der Waals surface area contributed by atoms with E-state index >= 15 is 0 Å². The fourth-order valence-corrected chi connectivity index (χ4v) is 4.85. The van der Waals surface area contributed by atoms with Crippen LogP contribution in [-0.2, 0) is 0 Å². The number of aromatic amines is 1. The normalized spacial score (nSPS) is 18.5. The van der Waals surface area contributed by atoms with Crippen LogP contribution in [0.1, 0.15) is 42.6 Å². The fourth-order valence-electron chi connectivity index (χ4n) is 4.72. The number of nitrogens with one attached hydrogen (secondary N) is 1. The van der Waals surface area contributed by atoms with Crippen LogP contribution < -0.4 is 5.56 Å². The zero-order chi connectivity index (χ0) is 21.4. The summed E-state index contributed by atoms with van der Waals surface area (Å²) in [6, 6.07) is 7.68. The van der Waals surface area contributed by atoms with Crippen molar-refractivity contribution in [3.05, 3.63) is 51.5 Å². The molecule has 1 aromatic carbocycles. The third kappa shape index (κ3) is 3.97. The average molecular weight is 441 g/mol. The third-order valence-electron chi connectivity index (χ3n) is 6.43. The first kappa shape index (κ1) is 20.2. The van der Waals surface area contributed by atoms with Crippen LogP contribution in [-0.4, -0.2) is 67.7 Å². The van der Waals surface area contributed by atoms with Gasteiger partial charge in [-0.15, -0.1) is 5.10 Å². The van der Waals surface area contributed by atoms with Gasteiger partial charge in [0.15, 0.2) is 11.2 Å². The molecule has 2 aliphatic rings. The average Bonchev–Trinajstić information content (AvgIpc) is 3.24. The minimum absolute atomic E-state index is 0.111. The maximum Gasteiger partial charge on any atom is 0.276 e. The van der Waals surface area contributed by atoms with Crippen LogP contribution in [0.15, 0.2) is 35.3 Å². The van der Waals surface area contributed by atoms with E-state index in [9.17, 15) is 9.59 Å². The topological polar surface area (TPSA) is 86.6 Å². The number of carbonyl (C=O) groups excluding carboxylic acids is 1. The molecule has 3 aromatic rings. The second-order valence-electron chi connectivity index (χ2n) is 8.36. The predicted molar refractivity (Wildman–Crippen MR) is 118 cm³/mol. The zero-order valence-corrected chi connectivity index (χ0v) is 18.0. The van der Waals surface area contributed by atoms with Crippen molar-refractivity contribution in [2.75, 3.05) is 26.2 Å². The van der Waals surface area contributed by atoms with E-state index in [0.29, 0.717) is 29.8 Å². The lowest BCUT2D eigenvalue weighted by atomic mass is 9.99. The molecule has 2 aromatic heterocycles. The van der Waals surface area contributed by atoms with Gasteiger partial charge in [0.25, 0.3) is 11.5 Å². The molecule has 0 spiro atoms. The van der Waals surface area contributed by atoms with Crippen molar-refractivity contribution >= 4 is 23.0 Å². The van der Waals surface area contributed by atoms with Gasteiger partial charge in [0.1, 0.15) is 0 Å². The molecule has 4 heterocycles. The van der Waals surface area contributed by atoms with Crippen molar-refractivity contribution in [1.29, 1.82) is 0 Å². The number of hydrogen-bond acceptors (Lipinski definition) is 5. The summed E-state index contributed by atoms with van der Waals surface area (Å²) in [5.74, 6) is -0.225. The lowest BCUT2D eigenvalue weighted by Crippen LogP contribution is -2.48. The molecule has 31 heavy (non-hydrogen) atoms. The molecule has 9 heteroatoms. The molecule has 2 fully saturated rings. The second kappa shape index (κ2) is 8.43. The van der Waals surface area contributed by atoms with Crippen molar-refractivity contribution in [2.45, 2.75) is 38.1 Å². The van der Waals surface area contributed by atoms with E-state index in [1.165, 1.54) is 36.9 Å². The molecule has 0 unspecified atom stereocenters. The number of rotatable bonds is 3. The molecule has 0 atom stereocenters. The van der Waals surface area contributed by atoms with E-state index in [-0.39, 0.29) is 22.7 Å². The number of benzene rings is 1. The Morgan fingerprint density at radius 1 is 1.03 bits per heavy atom. The van der Waals surface area contributed by atoms with Crippen molar-refractivity contribution in [1.82, 2.24) is 29.6 Å². The molecule has 2 aliphatic heterocycles. The number of fused-ring (bicyclic) bond motifs is 1. The quantitative estimate of drug-likeness (QED) is 0.676. The highest BCUT2D eigenvalue weighted by atomic mass is 35.5. The van der Waals surface area contributed by atoms with Gasteiger partial charge in [-0.25, -0.2) is 4.52 Å². The highest BCUT2D eigenvalue weighted by Gasteiger charge is 2.30. The van der Waals surface area contributed by atoms with Crippen LogP contribution in [0, 0.1) is 0 Å². The van der Waals surface area contributed by atoms with Gasteiger partial charge in [-0.3, -0.25) is 9.59 Å². The number of amides is 1. The van der Waals surface area contributed by atoms with E-state index in [2.05, 4.69) is 20.2 Å². The molecule has 2 saturated heterocycles. The summed E-state index contributed by atoms with van der Waals surface area (Å²) in [5, 5.41) is 8.73. The van der Waals surface area contributed by atoms with Crippen molar-refractivity contribution < 1.29 is 4.79 Å². The lowest BCUT2D eigenvalue weighted by Gasteiger charge is -2.40. The zero-order valence-electron chi connectivity index (χ0n) is 17.3. The molecular formula is C22H25ClN6O2. The molecule has 5 rings (SSSR count). The number of carbonyl (C=O) groups is 1. The largest absolute Gasteiger partial charge is 0.337 e. The van der Waals surface area contributed by atoms with Gasteiger partial charge in [0.05, 0.1) is 11.9 Å². The first-order chi connectivity index (χ1) is 15.1. The summed E-state index contributed by atoms with van der Waals surface area (Å²) in [4.78, 5) is 33.2. The summed E-state index contributed by atoms with van der Waals surface area (Å²) < 4.78 is 1.39. The van der Waals surface area contributed by atoms with E-state index in [4.69, 9.17) is 11.6 Å². The number of piperidine rings is 2. The van der Waals surface area contributed by atoms with Crippen molar-refractivity contribution in [3.63, 3.8) is 0 Å². The number of likely N-dealkylation sites (tertiary alicyclic amines) is 2. The molecule has 0 bridgehead atoms. The Morgan fingerprint density at radius 3 is 2.45 bits per heavy atom. The van der Waals surface area contributed by atoms with Crippen LogP contribution in [0.5, 0.6) is 0 Å². The van der Waals surface area contributed by atoms with Crippen LogP contribution in [0.4, 0.5) is 0 Å². The molecule has 1 amide bonds. The van der Waals surface area contributed by atoms with E-state index < -0.39 is 0 Å². The smallest absolute Gasteiger partial charge is 0.276 e. The number of halogens is 1. The summed E-state index contributed by atoms with van der Waals surface area (Å²) in [5.41, 5.74) is 1.29. The van der Waals surface area contributed by atoms with E-state index in [1.54, 1.807) is 23.2 Å². The Kier molecular flexibility index (Phi) is 5.50. The highest BCUT2D eigenvalue weighted by molar-refractivity contribution is 6.30. The first-order valence-electron chi connectivity index (χ1n) is 10.9. The molecule has 0 radical (unpaired) electrons. The maximum absolute atomic E-state index is 13.1. The number of H-pyrrole nitrogens is 1. The Balaban J connectivity index is 1.35. The minimum atomic E-state index is -0.385. The monoisotopic (exact) mass is 440 g/mol. The van der Waals surface area contributed by atoms with Crippen molar-refractivity contribution in [2.24, 2.45) is 0 Å². The summed E-state index contributed by atoms with van der Waals surface area (Å²) in [6.07, 6.45) is 7.46. The maximum atomic E-state index is 13.1. The van der Waals surface area contributed by atoms with Gasteiger partial charge in [-0.2, -0.15) is 0 Å². The highest BCUT2D eigenvalue weighted by Crippen LogP contribution is 2.23. The van der Waals surface area contributed by atoms with Gasteiger partial charge < -0.3 is 14.8 Å². The number of hydrogen-bond donors (Lipinski definition) is 1. The predicted octanol–water partition coefficient (Wildman–Crippen LogP) is 2.83. The SMILES string of the molecule is O=C(c1nnn2cc(-c3ccc(Cl)cc3)[nH]c(=O)c12)N1CCC(N2CCCCC2)CC1. The second-order valence-corrected chi connectivity index (χ2v) is 8.79. The lowest BCUT2D eigenvalue weighted by molar-refractivity contribution is 0.0586. The fraction of sp³-hybridized carbons (Fsp3) is 0.455. The molecule has 8 nitrogen and oxygen atoms in total. The first-order valence-corrected chi connectivity index (χ1v) is 11.3. The standard InChI is InChI=1S/C22H25ClN6O2/c23-16-6-4-15(5-7-16)18-14-29-20(21(30)24-18)19(25-26-29)22(31)28-12-8-17(9-13-28)27-10-2-1-3-11-27/h4-7,14,17H,1-3,8-13H2,(H,24,30). The third-order valence-corrected chi connectivity index (χ3v) is 6.68. The summed E-state index contributed by atoms with van der Waals surface area (Å²) in [6.45, 7) is 3.69. The Morgan fingerprint density at radius 2 is 1.74 bits per heavy atom. The number of aromatic nitrogens is 4. The van der Waals surface area contributed by atoms with Gasteiger partial charge in [-0.05, 0) is 56.5 Å². The molecular weight excluding hydrogens is 416 g/mol. The Bertz CT molecular complexity index is 1140. The van der Waals surface area contributed by atoms with Gasteiger partial charge >= 0.3 is 0 Å². The van der Waals surface area contributed by atoms with Crippen molar-refractivity contribution in [3.8, 4) is 11.3 Å². The van der Waals surface area contributed by atoms with E-state index in [0.717, 1.165) is 18.4 Å². The Hall–Kier alpha value is -2.71. The Labute approximate surface area is 184 Å². The van der Waals surface area contributed by atoms with Crippen LogP contribution in [0.2, 0.25) is 5.02 Å².